The Morgan fingerprint density at radius 3 is 2.50 bits per heavy atom. The van der Waals surface area contributed by atoms with Gasteiger partial charge in [0.25, 0.3) is 5.91 Å². The lowest BCUT2D eigenvalue weighted by Crippen LogP contribution is -2.13. The van der Waals surface area contributed by atoms with E-state index in [-0.39, 0.29) is 5.56 Å². The van der Waals surface area contributed by atoms with Crippen molar-refractivity contribution in [1.29, 1.82) is 0 Å². The number of halogens is 2. The van der Waals surface area contributed by atoms with Crippen molar-refractivity contribution in [3.05, 3.63) is 83.9 Å². The summed E-state index contributed by atoms with van der Waals surface area (Å²) < 4.78 is 26.4. The third-order valence-electron chi connectivity index (χ3n) is 4.00. The highest BCUT2D eigenvalue weighted by Gasteiger charge is 2.14. The van der Waals surface area contributed by atoms with Gasteiger partial charge in [0.15, 0.2) is 11.6 Å². The summed E-state index contributed by atoms with van der Waals surface area (Å²) in [7, 11) is 0. The molecule has 0 aliphatic rings. The van der Waals surface area contributed by atoms with Crippen LogP contribution >= 0.6 is 0 Å². The van der Waals surface area contributed by atoms with Crippen molar-refractivity contribution < 1.29 is 13.6 Å². The predicted octanol–water partition coefficient (Wildman–Crippen LogP) is 4.76. The highest BCUT2D eigenvalue weighted by atomic mass is 19.2. The van der Waals surface area contributed by atoms with E-state index in [2.05, 4.69) is 15.3 Å². The summed E-state index contributed by atoms with van der Waals surface area (Å²) in [5.74, 6) is -1.99. The van der Waals surface area contributed by atoms with Crippen LogP contribution in [0.3, 0.4) is 0 Å². The number of aromatic amines is 1. The van der Waals surface area contributed by atoms with Gasteiger partial charge in [0.2, 0.25) is 0 Å². The molecular formula is C20H13F2N3O. The second-order valence-corrected chi connectivity index (χ2v) is 5.73. The average molecular weight is 349 g/mol. The maximum absolute atomic E-state index is 13.4. The van der Waals surface area contributed by atoms with Crippen molar-refractivity contribution in [3.63, 3.8) is 0 Å². The van der Waals surface area contributed by atoms with E-state index in [1.165, 1.54) is 6.07 Å². The first-order valence-electron chi connectivity index (χ1n) is 7.92. The van der Waals surface area contributed by atoms with Crippen LogP contribution in [0.2, 0.25) is 0 Å². The van der Waals surface area contributed by atoms with Gasteiger partial charge >= 0.3 is 0 Å². The number of rotatable bonds is 3. The van der Waals surface area contributed by atoms with E-state index in [4.69, 9.17) is 0 Å². The quantitative estimate of drug-likeness (QED) is 0.560. The molecule has 4 rings (SSSR count). The molecule has 2 N–H and O–H groups in total. The van der Waals surface area contributed by atoms with Gasteiger partial charge in [-0.3, -0.25) is 4.79 Å². The second kappa shape index (κ2) is 6.40. The Balaban J connectivity index is 1.69. The normalized spacial score (nSPS) is 10.8. The third kappa shape index (κ3) is 2.93. The minimum absolute atomic E-state index is 0.0308. The number of hydrogen-bond donors (Lipinski definition) is 2. The summed E-state index contributed by atoms with van der Waals surface area (Å²) >= 11 is 0. The zero-order valence-electron chi connectivity index (χ0n) is 13.5. The minimum atomic E-state index is -1.07. The molecule has 0 unspecified atom stereocenters. The fraction of sp³-hybridized carbons (Fsp3) is 0. The lowest BCUT2D eigenvalue weighted by Gasteiger charge is -2.09. The van der Waals surface area contributed by atoms with Gasteiger partial charge in [0.1, 0.15) is 5.82 Å². The molecule has 1 amide bonds. The molecule has 1 aromatic heterocycles. The van der Waals surface area contributed by atoms with Crippen LogP contribution in [0.1, 0.15) is 10.4 Å². The van der Waals surface area contributed by atoms with Crippen LogP contribution in [0, 0.1) is 11.6 Å². The van der Waals surface area contributed by atoms with E-state index in [9.17, 15) is 13.6 Å². The van der Waals surface area contributed by atoms with Crippen LogP contribution in [0.4, 0.5) is 14.5 Å². The molecule has 4 aromatic rings. The van der Waals surface area contributed by atoms with E-state index in [1.54, 1.807) is 12.1 Å². The van der Waals surface area contributed by atoms with Crippen LogP contribution < -0.4 is 5.32 Å². The molecular weight excluding hydrogens is 336 g/mol. The molecule has 128 valence electrons. The summed E-state index contributed by atoms with van der Waals surface area (Å²) in [6.07, 6.45) is 0. The first kappa shape index (κ1) is 16.0. The first-order valence-corrected chi connectivity index (χ1v) is 7.92. The van der Waals surface area contributed by atoms with Gasteiger partial charge in [-0.05, 0) is 42.5 Å². The van der Waals surface area contributed by atoms with E-state index in [1.807, 2.05) is 36.4 Å². The number of hydrogen-bond acceptors (Lipinski definition) is 2. The molecule has 0 aliphatic heterocycles. The Kier molecular flexibility index (Phi) is 3.93. The number of para-hydroxylation sites is 3. The lowest BCUT2D eigenvalue weighted by atomic mass is 10.1. The van der Waals surface area contributed by atoms with Crippen LogP contribution in [0.15, 0.2) is 66.7 Å². The zero-order valence-corrected chi connectivity index (χ0v) is 13.5. The van der Waals surface area contributed by atoms with Crippen molar-refractivity contribution in [2.45, 2.75) is 0 Å². The van der Waals surface area contributed by atoms with Crippen molar-refractivity contribution >= 4 is 22.6 Å². The number of carbonyl (C=O) groups excluding carboxylic acids is 1. The molecule has 0 saturated heterocycles. The molecule has 0 spiro atoms. The van der Waals surface area contributed by atoms with E-state index in [0.717, 1.165) is 23.2 Å². The maximum atomic E-state index is 13.4. The number of benzene rings is 3. The lowest BCUT2D eigenvalue weighted by molar-refractivity contribution is 0.102. The summed E-state index contributed by atoms with van der Waals surface area (Å²) in [5.41, 5.74) is 2.93. The van der Waals surface area contributed by atoms with Crippen molar-refractivity contribution in [2.24, 2.45) is 0 Å². The topological polar surface area (TPSA) is 57.8 Å². The van der Waals surface area contributed by atoms with Crippen LogP contribution in [0.25, 0.3) is 22.4 Å². The highest BCUT2D eigenvalue weighted by molar-refractivity contribution is 6.06. The molecule has 0 fully saturated rings. The Morgan fingerprint density at radius 1 is 0.923 bits per heavy atom. The molecule has 1 heterocycles. The standard InChI is InChI=1S/C20H13F2N3O/c21-14-10-9-12(11-15(14)22)20(26)25-16-6-2-1-5-13(16)19-23-17-7-3-4-8-18(17)24-19/h1-11H,(H,23,24)(H,25,26). The second-order valence-electron chi connectivity index (χ2n) is 5.73. The summed E-state index contributed by atoms with van der Waals surface area (Å²) in [6, 6.07) is 17.8. The van der Waals surface area contributed by atoms with E-state index in [0.29, 0.717) is 17.1 Å². The number of carbonyl (C=O) groups is 1. The number of anilines is 1. The van der Waals surface area contributed by atoms with Gasteiger partial charge in [0, 0.05) is 11.1 Å². The van der Waals surface area contributed by atoms with Gasteiger partial charge < -0.3 is 10.3 Å². The third-order valence-corrected chi connectivity index (χ3v) is 4.00. The largest absolute Gasteiger partial charge is 0.338 e. The first-order chi connectivity index (χ1) is 12.6. The number of aromatic nitrogens is 2. The Morgan fingerprint density at radius 2 is 1.69 bits per heavy atom. The number of H-pyrrole nitrogens is 1. The Hall–Kier alpha value is -3.54. The molecule has 6 heteroatoms. The monoisotopic (exact) mass is 349 g/mol. The molecule has 26 heavy (non-hydrogen) atoms. The molecule has 3 aromatic carbocycles. The summed E-state index contributed by atoms with van der Waals surface area (Å²) in [4.78, 5) is 20.1. The molecule has 0 bridgehead atoms. The summed E-state index contributed by atoms with van der Waals surface area (Å²) in [6.45, 7) is 0. The van der Waals surface area contributed by atoms with Crippen LogP contribution in [-0.2, 0) is 0 Å². The van der Waals surface area contributed by atoms with Gasteiger partial charge in [-0.15, -0.1) is 0 Å². The van der Waals surface area contributed by atoms with Crippen LogP contribution in [-0.4, -0.2) is 15.9 Å². The number of amides is 1. The predicted molar refractivity (Wildman–Crippen MR) is 95.8 cm³/mol. The van der Waals surface area contributed by atoms with E-state index < -0.39 is 17.5 Å². The van der Waals surface area contributed by atoms with Crippen molar-refractivity contribution in [1.82, 2.24) is 9.97 Å². The highest BCUT2D eigenvalue weighted by Crippen LogP contribution is 2.28. The zero-order chi connectivity index (χ0) is 18.1. The SMILES string of the molecule is O=C(Nc1ccccc1-c1nc2ccccc2[nH]1)c1ccc(F)c(F)c1. The fourth-order valence-electron chi connectivity index (χ4n) is 2.71. The molecule has 4 nitrogen and oxygen atoms in total. The molecule has 0 aliphatic carbocycles. The minimum Gasteiger partial charge on any atom is -0.338 e. The van der Waals surface area contributed by atoms with Gasteiger partial charge in [-0.25, -0.2) is 13.8 Å². The van der Waals surface area contributed by atoms with Gasteiger partial charge in [-0.2, -0.15) is 0 Å². The number of nitrogens with zero attached hydrogens (tertiary/aromatic N) is 1. The maximum Gasteiger partial charge on any atom is 0.255 e. The van der Waals surface area contributed by atoms with Gasteiger partial charge in [0.05, 0.1) is 16.7 Å². The van der Waals surface area contributed by atoms with Crippen molar-refractivity contribution in [2.75, 3.05) is 5.32 Å². The molecule has 0 atom stereocenters. The summed E-state index contributed by atoms with van der Waals surface area (Å²) in [5, 5.41) is 2.73. The number of imidazole rings is 1. The van der Waals surface area contributed by atoms with Gasteiger partial charge in [-0.1, -0.05) is 24.3 Å². The fourth-order valence-corrected chi connectivity index (χ4v) is 2.71. The van der Waals surface area contributed by atoms with Crippen LogP contribution in [0.5, 0.6) is 0 Å². The molecule has 0 saturated carbocycles. The number of nitrogens with one attached hydrogen (secondary N) is 2. The Bertz CT molecular complexity index is 1090. The average Bonchev–Trinajstić information content (AvgIpc) is 3.08. The smallest absolute Gasteiger partial charge is 0.255 e. The Labute approximate surface area is 147 Å². The number of fused-ring (bicyclic) bond motifs is 1. The molecule has 0 radical (unpaired) electrons. The van der Waals surface area contributed by atoms with E-state index >= 15 is 0 Å². The van der Waals surface area contributed by atoms with Crippen molar-refractivity contribution in [3.8, 4) is 11.4 Å².